The summed E-state index contributed by atoms with van der Waals surface area (Å²) in [4.78, 5) is 19.4. The number of benzene rings is 1. The average Bonchev–Trinajstić information content (AvgIpc) is 2.85. The summed E-state index contributed by atoms with van der Waals surface area (Å²) in [6.07, 6.45) is 7.15. The number of rotatable bonds is 5. The molecule has 1 aromatic rings. The van der Waals surface area contributed by atoms with Crippen LogP contribution in [0.3, 0.4) is 0 Å². The summed E-state index contributed by atoms with van der Waals surface area (Å²) >= 11 is 0. The molecule has 2 aliphatic heterocycles. The Morgan fingerprint density at radius 2 is 1.93 bits per heavy atom. The first kappa shape index (κ1) is 19.9. The Bertz CT molecular complexity index is 658. The van der Waals surface area contributed by atoms with Crippen molar-refractivity contribution in [3.8, 4) is 5.75 Å². The van der Waals surface area contributed by atoms with Gasteiger partial charge in [0.2, 0.25) is 5.91 Å². The minimum Gasteiger partial charge on any atom is -0.497 e. The van der Waals surface area contributed by atoms with Gasteiger partial charge in [-0.1, -0.05) is 24.3 Å². The highest BCUT2D eigenvalue weighted by Gasteiger charge is 2.41. The maximum atomic E-state index is 12.3. The van der Waals surface area contributed by atoms with Crippen LogP contribution in [0.4, 0.5) is 0 Å². The van der Waals surface area contributed by atoms with Crippen LogP contribution in [0.15, 0.2) is 30.3 Å². The van der Waals surface area contributed by atoms with Gasteiger partial charge < -0.3 is 9.64 Å². The zero-order chi connectivity index (χ0) is 19.3. The van der Waals surface area contributed by atoms with E-state index in [9.17, 15) is 4.79 Å². The normalized spacial score (nSPS) is 25.3. The molecule has 2 heterocycles. The summed E-state index contributed by atoms with van der Waals surface area (Å²) in [5.74, 6) is 1.21. The summed E-state index contributed by atoms with van der Waals surface area (Å²) in [6, 6.07) is 8.15. The van der Waals surface area contributed by atoms with Crippen LogP contribution >= 0.6 is 0 Å². The number of nitrogens with zero attached hydrogens (tertiary/aromatic N) is 3. The van der Waals surface area contributed by atoms with Crippen LogP contribution in [-0.2, 0) is 4.79 Å². The molecule has 1 spiro atoms. The van der Waals surface area contributed by atoms with Crippen LogP contribution in [-0.4, -0.2) is 79.6 Å². The maximum absolute atomic E-state index is 12.3. The number of carbonyl (C=O) groups excluding carboxylic acids is 1. The van der Waals surface area contributed by atoms with E-state index in [-0.39, 0.29) is 5.54 Å². The molecule has 0 bridgehead atoms. The number of carbonyl (C=O) groups is 1. The highest BCUT2D eigenvalue weighted by Crippen LogP contribution is 2.32. The number of hydrogen-bond acceptors (Lipinski definition) is 4. The molecule has 5 nitrogen and oxygen atoms in total. The molecule has 1 aromatic carbocycles. The standard InChI is InChI=1S/C22H33N3O2/c1-4-25-15-13-22(12-11-21(25)26)18-24(17-16-23(22)2)14-5-6-19-7-9-20(27-3)10-8-19/h5-10H,4,11-18H2,1-3H3/b6-5+. The van der Waals surface area contributed by atoms with Gasteiger partial charge in [0, 0.05) is 51.2 Å². The van der Waals surface area contributed by atoms with E-state index in [0.29, 0.717) is 12.3 Å². The second-order valence-electron chi connectivity index (χ2n) is 7.78. The summed E-state index contributed by atoms with van der Waals surface area (Å²) in [5, 5.41) is 0. The molecule has 0 saturated carbocycles. The maximum Gasteiger partial charge on any atom is 0.222 e. The van der Waals surface area contributed by atoms with Crippen LogP contribution in [0.25, 0.3) is 6.08 Å². The zero-order valence-corrected chi connectivity index (χ0v) is 17.0. The Morgan fingerprint density at radius 3 is 2.63 bits per heavy atom. The van der Waals surface area contributed by atoms with Gasteiger partial charge in [-0.25, -0.2) is 0 Å². The molecule has 0 N–H and O–H groups in total. The number of likely N-dealkylation sites (N-methyl/N-ethyl adjacent to an activating group) is 1. The van der Waals surface area contributed by atoms with Crippen molar-refractivity contribution in [3.05, 3.63) is 35.9 Å². The van der Waals surface area contributed by atoms with Gasteiger partial charge in [-0.3, -0.25) is 14.6 Å². The third-order valence-electron chi connectivity index (χ3n) is 6.25. The van der Waals surface area contributed by atoms with E-state index >= 15 is 0 Å². The Kier molecular flexibility index (Phi) is 6.55. The van der Waals surface area contributed by atoms with Gasteiger partial charge in [0.1, 0.15) is 5.75 Å². The zero-order valence-electron chi connectivity index (χ0n) is 17.0. The van der Waals surface area contributed by atoms with E-state index in [1.165, 1.54) is 5.56 Å². The third-order valence-corrected chi connectivity index (χ3v) is 6.25. The number of methoxy groups -OCH3 is 1. The van der Waals surface area contributed by atoms with Gasteiger partial charge in [0.05, 0.1) is 7.11 Å². The van der Waals surface area contributed by atoms with E-state index in [4.69, 9.17) is 4.74 Å². The highest BCUT2D eigenvalue weighted by atomic mass is 16.5. The molecular formula is C22H33N3O2. The number of likely N-dealkylation sites (tertiary alicyclic amines) is 1. The van der Waals surface area contributed by atoms with Crippen molar-refractivity contribution in [2.75, 3.05) is 53.4 Å². The Balaban J connectivity index is 1.61. The molecule has 2 aliphatic rings. The van der Waals surface area contributed by atoms with E-state index in [1.54, 1.807) is 7.11 Å². The van der Waals surface area contributed by atoms with Crippen molar-refractivity contribution < 1.29 is 9.53 Å². The van der Waals surface area contributed by atoms with Crippen molar-refractivity contribution in [1.82, 2.24) is 14.7 Å². The van der Waals surface area contributed by atoms with Crippen LogP contribution in [0.5, 0.6) is 5.75 Å². The molecule has 2 fully saturated rings. The average molecular weight is 372 g/mol. The number of piperazine rings is 1. The Morgan fingerprint density at radius 1 is 1.15 bits per heavy atom. The fourth-order valence-corrected chi connectivity index (χ4v) is 4.32. The van der Waals surface area contributed by atoms with Crippen molar-refractivity contribution in [1.29, 1.82) is 0 Å². The van der Waals surface area contributed by atoms with Gasteiger partial charge in [-0.05, 0) is 44.5 Å². The fraction of sp³-hybridized carbons (Fsp3) is 0.591. The molecule has 0 aliphatic carbocycles. The first-order valence-electron chi connectivity index (χ1n) is 10.1. The monoisotopic (exact) mass is 371 g/mol. The SMILES string of the molecule is CCN1CCC2(CCC1=O)CN(C/C=C/c1ccc(OC)cc1)CCN2C. The third kappa shape index (κ3) is 4.71. The van der Waals surface area contributed by atoms with Crippen LogP contribution in [0.2, 0.25) is 0 Å². The molecule has 1 unspecified atom stereocenters. The van der Waals surface area contributed by atoms with Crippen LogP contribution in [0, 0.1) is 0 Å². The summed E-state index contributed by atoms with van der Waals surface area (Å²) in [6.45, 7) is 7.93. The lowest BCUT2D eigenvalue weighted by atomic mass is 9.86. The van der Waals surface area contributed by atoms with Gasteiger partial charge in [-0.2, -0.15) is 0 Å². The minimum absolute atomic E-state index is 0.131. The number of hydrogen-bond donors (Lipinski definition) is 0. The molecule has 0 radical (unpaired) electrons. The van der Waals surface area contributed by atoms with Gasteiger partial charge in [0.15, 0.2) is 0 Å². The molecule has 1 amide bonds. The second kappa shape index (κ2) is 8.89. The lowest BCUT2D eigenvalue weighted by Crippen LogP contribution is -2.61. The van der Waals surface area contributed by atoms with Crippen molar-refractivity contribution in [3.63, 3.8) is 0 Å². The summed E-state index contributed by atoms with van der Waals surface area (Å²) < 4.78 is 5.21. The van der Waals surface area contributed by atoms with Crippen LogP contribution in [0.1, 0.15) is 31.7 Å². The molecule has 5 heteroatoms. The Labute approximate surface area is 163 Å². The molecule has 27 heavy (non-hydrogen) atoms. The number of amides is 1. The second-order valence-corrected chi connectivity index (χ2v) is 7.78. The van der Waals surface area contributed by atoms with Crippen molar-refractivity contribution in [2.45, 2.75) is 31.7 Å². The van der Waals surface area contributed by atoms with Crippen molar-refractivity contribution in [2.24, 2.45) is 0 Å². The summed E-state index contributed by atoms with van der Waals surface area (Å²) in [5.41, 5.74) is 1.32. The van der Waals surface area contributed by atoms with Crippen molar-refractivity contribution >= 4 is 12.0 Å². The quantitative estimate of drug-likeness (QED) is 0.797. The molecule has 0 aromatic heterocycles. The van der Waals surface area contributed by atoms with E-state index in [0.717, 1.165) is 57.9 Å². The van der Waals surface area contributed by atoms with E-state index in [1.807, 2.05) is 17.0 Å². The van der Waals surface area contributed by atoms with E-state index < -0.39 is 0 Å². The topological polar surface area (TPSA) is 36.0 Å². The van der Waals surface area contributed by atoms with Gasteiger partial charge in [-0.15, -0.1) is 0 Å². The minimum atomic E-state index is 0.131. The first-order chi connectivity index (χ1) is 13.1. The number of ether oxygens (including phenoxy) is 1. The Hall–Kier alpha value is -1.85. The predicted molar refractivity (Wildman–Crippen MR) is 110 cm³/mol. The van der Waals surface area contributed by atoms with Gasteiger partial charge in [0.25, 0.3) is 0 Å². The van der Waals surface area contributed by atoms with Gasteiger partial charge >= 0.3 is 0 Å². The molecule has 148 valence electrons. The molecule has 2 saturated heterocycles. The first-order valence-corrected chi connectivity index (χ1v) is 10.1. The molecule has 1 atom stereocenters. The lowest BCUT2D eigenvalue weighted by Gasteiger charge is -2.49. The summed E-state index contributed by atoms with van der Waals surface area (Å²) in [7, 11) is 3.92. The molecular weight excluding hydrogens is 338 g/mol. The smallest absolute Gasteiger partial charge is 0.222 e. The van der Waals surface area contributed by atoms with E-state index in [2.05, 4.69) is 48.1 Å². The lowest BCUT2D eigenvalue weighted by molar-refractivity contribution is -0.130. The fourth-order valence-electron chi connectivity index (χ4n) is 4.32. The predicted octanol–water partition coefficient (Wildman–Crippen LogP) is 2.73. The molecule has 3 rings (SSSR count). The van der Waals surface area contributed by atoms with Crippen LogP contribution < -0.4 is 4.74 Å². The largest absolute Gasteiger partial charge is 0.497 e. The highest BCUT2D eigenvalue weighted by molar-refractivity contribution is 5.76.